The van der Waals surface area contributed by atoms with Gasteiger partial charge in [0.05, 0.1) is 0 Å². The van der Waals surface area contributed by atoms with Gasteiger partial charge in [0.1, 0.15) is 0 Å². The van der Waals surface area contributed by atoms with Crippen LogP contribution in [0.15, 0.2) is 4.99 Å². The second kappa shape index (κ2) is 9.25. The van der Waals surface area contributed by atoms with Crippen LogP contribution in [0.1, 0.15) is 58.8 Å². The maximum absolute atomic E-state index is 11.6. The van der Waals surface area contributed by atoms with E-state index in [0.29, 0.717) is 12.5 Å². The third kappa shape index (κ3) is 6.67. The monoisotopic (exact) mass is 337 g/mol. The average Bonchev–Trinajstić information content (AvgIpc) is 3.39. The lowest BCUT2D eigenvalue weighted by atomic mass is 9.98. The molecule has 0 aromatic heterocycles. The largest absolute Gasteiger partial charge is 0.356 e. The standard InChI is InChI=1S/C18H35N5O/c1-18(2,23-12-5-4-6-13-23)14-21-17(19-3)20-11-7-8-16(24)22-15-9-10-15/h15H,4-14H2,1-3H3,(H,22,24)(H2,19,20,21). The van der Waals surface area contributed by atoms with Crippen molar-refractivity contribution in [3.05, 3.63) is 0 Å². The van der Waals surface area contributed by atoms with Crippen LogP contribution in [-0.2, 0) is 4.79 Å². The first-order valence-corrected chi connectivity index (χ1v) is 9.50. The first kappa shape index (κ1) is 19.0. The number of nitrogens with one attached hydrogen (secondary N) is 3. The van der Waals surface area contributed by atoms with Gasteiger partial charge in [-0.25, -0.2) is 0 Å². The molecular weight excluding hydrogens is 302 g/mol. The van der Waals surface area contributed by atoms with Gasteiger partial charge in [-0.2, -0.15) is 0 Å². The van der Waals surface area contributed by atoms with Gasteiger partial charge in [-0.3, -0.25) is 14.7 Å². The van der Waals surface area contributed by atoms with Gasteiger partial charge < -0.3 is 16.0 Å². The van der Waals surface area contributed by atoms with E-state index in [-0.39, 0.29) is 11.4 Å². The number of guanidine groups is 1. The molecule has 6 nitrogen and oxygen atoms in total. The van der Waals surface area contributed by atoms with Gasteiger partial charge in [0.15, 0.2) is 5.96 Å². The third-order valence-corrected chi connectivity index (χ3v) is 4.94. The predicted molar refractivity (Wildman–Crippen MR) is 99.3 cm³/mol. The van der Waals surface area contributed by atoms with Gasteiger partial charge in [0.2, 0.25) is 5.91 Å². The molecule has 0 atom stereocenters. The molecule has 2 aliphatic rings. The number of piperidine rings is 1. The van der Waals surface area contributed by atoms with Crippen molar-refractivity contribution in [1.82, 2.24) is 20.9 Å². The maximum Gasteiger partial charge on any atom is 0.220 e. The van der Waals surface area contributed by atoms with E-state index in [1.54, 1.807) is 7.05 Å². The van der Waals surface area contributed by atoms with E-state index >= 15 is 0 Å². The van der Waals surface area contributed by atoms with Crippen molar-refractivity contribution >= 4 is 11.9 Å². The quantitative estimate of drug-likeness (QED) is 0.356. The van der Waals surface area contributed by atoms with Gasteiger partial charge in [0.25, 0.3) is 0 Å². The van der Waals surface area contributed by atoms with Crippen LogP contribution < -0.4 is 16.0 Å². The molecule has 0 bridgehead atoms. The van der Waals surface area contributed by atoms with Gasteiger partial charge in [0, 0.05) is 38.1 Å². The smallest absolute Gasteiger partial charge is 0.220 e. The number of likely N-dealkylation sites (tertiary alicyclic amines) is 1. The van der Waals surface area contributed by atoms with Crippen LogP contribution in [-0.4, -0.2) is 61.6 Å². The second-order valence-corrected chi connectivity index (χ2v) is 7.66. The lowest BCUT2D eigenvalue weighted by Crippen LogP contribution is -2.54. The highest BCUT2D eigenvalue weighted by Crippen LogP contribution is 2.20. The van der Waals surface area contributed by atoms with E-state index in [4.69, 9.17) is 0 Å². The van der Waals surface area contributed by atoms with E-state index in [1.807, 2.05) is 0 Å². The zero-order valence-electron chi connectivity index (χ0n) is 15.7. The normalized spacial score (nSPS) is 19.9. The van der Waals surface area contributed by atoms with E-state index in [9.17, 15) is 4.79 Å². The Morgan fingerprint density at radius 1 is 1.17 bits per heavy atom. The molecule has 1 amide bonds. The summed E-state index contributed by atoms with van der Waals surface area (Å²) in [5, 5.41) is 9.76. The minimum atomic E-state index is 0.127. The molecular formula is C18H35N5O. The summed E-state index contributed by atoms with van der Waals surface area (Å²) in [7, 11) is 1.79. The molecule has 0 aromatic rings. The Morgan fingerprint density at radius 3 is 2.50 bits per heavy atom. The molecule has 1 heterocycles. The Labute approximate surface area is 146 Å². The van der Waals surface area contributed by atoms with Gasteiger partial charge in [-0.05, 0) is 59.0 Å². The van der Waals surface area contributed by atoms with Gasteiger partial charge >= 0.3 is 0 Å². The number of aliphatic imine (C=N–C) groups is 1. The summed E-state index contributed by atoms with van der Waals surface area (Å²) < 4.78 is 0. The van der Waals surface area contributed by atoms with Crippen molar-refractivity contribution in [1.29, 1.82) is 0 Å². The topological polar surface area (TPSA) is 68.8 Å². The number of carbonyl (C=O) groups is 1. The molecule has 24 heavy (non-hydrogen) atoms. The van der Waals surface area contributed by atoms with Crippen LogP contribution >= 0.6 is 0 Å². The number of amides is 1. The number of hydrogen-bond acceptors (Lipinski definition) is 3. The van der Waals surface area contributed by atoms with Crippen molar-refractivity contribution in [2.75, 3.05) is 33.2 Å². The van der Waals surface area contributed by atoms with Crippen LogP contribution in [0.3, 0.4) is 0 Å². The zero-order valence-corrected chi connectivity index (χ0v) is 15.7. The van der Waals surface area contributed by atoms with Crippen LogP contribution in [0, 0.1) is 0 Å². The minimum absolute atomic E-state index is 0.127. The highest BCUT2D eigenvalue weighted by molar-refractivity contribution is 5.80. The Hall–Kier alpha value is -1.30. The van der Waals surface area contributed by atoms with Crippen molar-refractivity contribution in [2.45, 2.75) is 70.4 Å². The highest BCUT2D eigenvalue weighted by Gasteiger charge is 2.28. The first-order chi connectivity index (χ1) is 11.5. The summed E-state index contributed by atoms with van der Waals surface area (Å²) in [5.74, 6) is 0.996. The predicted octanol–water partition coefficient (Wildman–Crippen LogP) is 1.47. The van der Waals surface area contributed by atoms with E-state index in [2.05, 4.69) is 39.7 Å². The minimum Gasteiger partial charge on any atom is -0.356 e. The molecule has 138 valence electrons. The molecule has 0 radical (unpaired) electrons. The van der Waals surface area contributed by atoms with E-state index in [1.165, 1.54) is 32.4 Å². The number of carbonyl (C=O) groups excluding carboxylic acids is 1. The fourth-order valence-corrected chi connectivity index (χ4v) is 3.11. The average molecular weight is 338 g/mol. The Kier molecular flexibility index (Phi) is 7.34. The fraction of sp³-hybridized carbons (Fsp3) is 0.889. The number of hydrogen-bond donors (Lipinski definition) is 3. The van der Waals surface area contributed by atoms with E-state index < -0.39 is 0 Å². The molecule has 2 rings (SSSR count). The molecule has 0 unspecified atom stereocenters. The summed E-state index contributed by atoms with van der Waals surface area (Å²) in [4.78, 5) is 18.5. The van der Waals surface area contributed by atoms with Crippen molar-refractivity contribution in [2.24, 2.45) is 4.99 Å². The lowest BCUT2D eigenvalue weighted by Gasteiger charge is -2.41. The molecule has 1 saturated heterocycles. The molecule has 0 aromatic carbocycles. The summed E-state index contributed by atoms with van der Waals surface area (Å²) in [6.45, 7) is 8.60. The Bertz CT molecular complexity index is 425. The summed E-state index contributed by atoms with van der Waals surface area (Å²) in [5.41, 5.74) is 0.127. The molecule has 6 heteroatoms. The van der Waals surface area contributed by atoms with Crippen LogP contribution in [0.5, 0.6) is 0 Å². The van der Waals surface area contributed by atoms with Crippen molar-refractivity contribution < 1.29 is 4.79 Å². The second-order valence-electron chi connectivity index (χ2n) is 7.66. The van der Waals surface area contributed by atoms with Crippen LogP contribution in [0.25, 0.3) is 0 Å². The van der Waals surface area contributed by atoms with Gasteiger partial charge in [-0.15, -0.1) is 0 Å². The molecule has 1 aliphatic heterocycles. The number of rotatable bonds is 8. The van der Waals surface area contributed by atoms with Crippen molar-refractivity contribution in [3.8, 4) is 0 Å². The summed E-state index contributed by atoms with van der Waals surface area (Å²) in [6, 6.07) is 0.455. The van der Waals surface area contributed by atoms with E-state index in [0.717, 1.165) is 38.3 Å². The molecule has 0 spiro atoms. The van der Waals surface area contributed by atoms with Crippen LogP contribution in [0.2, 0.25) is 0 Å². The van der Waals surface area contributed by atoms with Crippen LogP contribution in [0.4, 0.5) is 0 Å². The fourth-order valence-electron chi connectivity index (χ4n) is 3.11. The number of nitrogens with zero attached hydrogens (tertiary/aromatic N) is 2. The molecule has 1 aliphatic carbocycles. The zero-order chi connectivity index (χ0) is 17.4. The first-order valence-electron chi connectivity index (χ1n) is 9.50. The Balaban J connectivity index is 1.61. The lowest BCUT2D eigenvalue weighted by molar-refractivity contribution is -0.121. The third-order valence-electron chi connectivity index (χ3n) is 4.94. The maximum atomic E-state index is 11.6. The highest BCUT2D eigenvalue weighted by atomic mass is 16.1. The van der Waals surface area contributed by atoms with Crippen molar-refractivity contribution in [3.63, 3.8) is 0 Å². The summed E-state index contributed by atoms with van der Waals surface area (Å²) in [6.07, 6.45) is 7.67. The summed E-state index contributed by atoms with van der Waals surface area (Å²) >= 11 is 0. The SMILES string of the molecule is CN=C(NCCCC(=O)NC1CC1)NCC(C)(C)N1CCCCC1. The van der Waals surface area contributed by atoms with Gasteiger partial charge in [-0.1, -0.05) is 6.42 Å². The molecule has 1 saturated carbocycles. The molecule has 2 fully saturated rings. The molecule has 3 N–H and O–H groups in total. The Morgan fingerprint density at radius 2 is 1.88 bits per heavy atom.